The number of carbonyl (C=O) groups is 1. The quantitative estimate of drug-likeness (QED) is 0.660. The molecule has 2 N–H and O–H groups in total. The smallest absolute Gasteiger partial charge is 0.264 e. The van der Waals surface area contributed by atoms with Crippen molar-refractivity contribution in [3.05, 3.63) is 83.7 Å². The molecule has 6 nitrogen and oxygen atoms in total. The van der Waals surface area contributed by atoms with Crippen molar-refractivity contribution in [3.8, 4) is 11.1 Å². The highest BCUT2D eigenvalue weighted by atomic mass is 35.5. The number of hydrogen-bond acceptors (Lipinski definition) is 5. The highest BCUT2D eigenvalue weighted by Crippen LogP contribution is 2.27. The summed E-state index contributed by atoms with van der Waals surface area (Å²) < 4.78 is 24.2. The Balaban J connectivity index is 2.17. The average molecular weight is 418 g/mol. The van der Waals surface area contributed by atoms with Gasteiger partial charge in [-0.2, -0.15) is 0 Å². The van der Waals surface area contributed by atoms with Crippen LogP contribution in [0, 0.1) is 0 Å². The minimum Gasteiger partial charge on any atom is -0.343 e. The summed E-state index contributed by atoms with van der Waals surface area (Å²) in [7, 11) is -3.61. The lowest BCUT2D eigenvalue weighted by Gasteiger charge is -2.10. The summed E-state index contributed by atoms with van der Waals surface area (Å²) >= 11 is 6.32. The van der Waals surface area contributed by atoms with Gasteiger partial charge in [0.2, 0.25) is 10.0 Å². The molecule has 1 amide bonds. The molecule has 8 heteroatoms. The zero-order valence-electron chi connectivity index (χ0n) is 15.4. The second-order valence-corrected chi connectivity index (χ2v) is 8.09. The number of pyridine rings is 1. The van der Waals surface area contributed by atoms with Gasteiger partial charge in [-0.3, -0.25) is 4.79 Å². The molecule has 0 unspecified atom stereocenters. The van der Waals surface area contributed by atoms with Gasteiger partial charge in [0.05, 0.1) is 11.3 Å². The number of anilines is 1. The van der Waals surface area contributed by atoms with Crippen LogP contribution in [0.25, 0.3) is 11.1 Å². The zero-order valence-corrected chi connectivity index (χ0v) is 17.0. The minimum atomic E-state index is -3.61. The van der Waals surface area contributed by atoms with Gasteiger partial charge in [0, 0.05) is 23.0 Å². The highest BCUT2D eigenvalue weighted by Gasteiger charge is 2.11. The number of benzene rings is 1. The lowest BCUT2D eigenvalue weighted by atomic mass is 10.1. The fourth-order valence-electron chi connectivity index (χ4n) is 2.24. The summed E-state index contributed by atoms with van der Waals surface area (Å²) in [5.74, 6) is -0.159. The Morgan fingerprint density at radius 3 is 2.43 bits per heavy atom. The maximum atomic E-state index is 11.9. The van der Waals surface area contributed by atoms with Crippen LogP contribution in [0.15, 0.2) is 73.1 Å². The Bertz CT molecular complexity index is 1040. The van der Waals surface area contributed by atoms with Crippen molar-refractivity contribution in [2.24, 2.45) is 0 Å². The van der Waals surface area contributed by atoms with Gasteiger partial charge in [-0.1, -0.05) is 48.5 Å². The molecule has 146 valence electrons. The van der Waals surface area contributed by atoms with Crippen LogP contribution in [0.2, 0.25) is 5.02 Å². The van der Waals surface area contributed by atoms with Crippen LogP contribution in [0.3, 0.4) is 0 Å². The maximum Gasteiger partial charge on any atom is 0.264 e. The third-order valence-corrected chi connectivity index (χ3v) is 4.35. The predicted octanol–water partition coefficient (Wildman–Crippen LogP) is 4.15. The van der Waals surface area contributed by atoms with Crippen molar-refractivity contribution < 1.29 is 13.2 Å². The van der Waals surface area contributed by atoms with E-state index in [1.807, 2.05) is 29.9 Å². The van der Waals surface area contributed by atoms with Crippen LogP contribution in [0.5, 0.6) is 0 Å². The van der Waals surface area contributed by atoms with Crippen molar-refractivity contribution >= 4 is 33.3 Å². The van der Waals surface area contributed by atoms with Crippen LogP contribution < -0.4 is 10.0 Å². The molecule has 1 heterocycles. The molecule has 1 aromatic heterocycles. The molecule has 0 saturated carbocycles. The molecule has 28 heavy (non-hydrogen) atoms. The van der Waals surface area contributed by atoms with Crippen LogP contribution >= 0.6 is 11.6 Å². The van der Waals surface area contributed by atoms with E-state index in [1.165, 1.54) is 12.1 Å². The lowest BCUT2D eigenvalue weighted by Crippen LogP contribution is -2.29. The summed E-state index contributed by atoms with van der Waals surface area (Å²) in [6.07, 6.45) is 9.79. The molecule has 0 aliphatic carbocycles. The van der Waals surface area contributed by atoms with Crippen molar-refractivity contribution in [3.63, 3.8) is 0 Å². The normalized spacial score (nSPS) is 12.0. The van der Waals surface area contributed by atoms with E-state index in [2.05, 4.69) is 16.9 Å². The number of nitrogens with one attached hydrogen (secondary N) is 2. The van der Waals surface area contributed by atoms with Gasteiger partial charge < -0.3 is 5.32 Å². The Labute approximate surface area is 169 Å². The molecule has 0 bridgehead atoms. The first-order chi connectivity index (χ1) is 13.2. The van der Waals surface area contributed by atoms with E-state index >= 15 is 0 Å². The second-order valence-electron chi connectivity index (χ2n) is 5.93. The molecule has 0 aliphatic rings. The minimum absolute atomic E-state index is 0.236. The summed E-state index contributed by atoms with van der Waals surface area (Å²) in [4.78, 5) is 16.2. The van der Waals surface area contributed by atoms with E-state index < -0.39 is 15.9 Å². The number of hydrogen-bond donors (Lipinski definition) is 2. The Morgan fingerprint density at radius 2 is 1.86 bits per heavy atom. The molecular formula is C20H20ClN3O3S. The molecule has 2 rings (SSSR count). The van der Waals surface area contributed by atoms with E-state index in [1.54, 1.807) is 30.5 Å². The molecule has 1 aromatic carbocycles. The number of amides is 1. The summed E-state index contributed by atoms with van der Waals surface area (Å²) in [6, 6.07) is 8.23. The zero-order chi connectivity index (χ0) is 20.7. The van der Waals surface area contributed by atoms with Crippen LogP contribution in [0.4, 0.5) is 5.82 Å². The summed E-state index contributed by atoms with van der Waals surface area (Å²) in [6.45, 7) is 5.49. The SMILES string of the molecule is C=C/C=C\C=C(/C)Nc1ncc(-c2ccc(C(=O)NS(C)(=O)=O)cc2)cc1Cl. The van der Waals surface area contributed by atoms with Gasteiger partial charge in [-0.15, -0.1) is 0 Å². The monoisotopic (exact) mass is 417 g/mol. The van der Waals surface area contributed by atoms with Crippen molar-refractivity contribution in [2.45, 2.75) is 6.92 Å². The molecular weight excluding hydrogens is 398 g/mol. The van der Waals surface area contributed by atoms with E-state index in [0.29, 0.717) is 10.8 Å². The number of allylic oxidation sites excluding steroid dienone is 5. The fraction of sp³-hybridized carbons (Fsp3) is 0.100. The molecule has 0 spiro atoms. The van der Waals surface area contributed by atoms with Gasteiger partial charge in [0.1, 0.15) is 5.82 Å². The standard InChI is InChI=1S/C20H20ClN3O3S/c1-4-5-6-7-14(2)23-19-18(21)12-17(13-22-19)15-8-10-16(11-9-15)20(25)24-28(3,26)27/h4-13H,1H2,2-3H3,(H,22,23)(H,24,25)/b6-5-,14-7+. The predicted molar refractivity (Wildman–Crippen MR) is 114 cm³/mol. The fourth-order valence-corrected chi connectivity index (χ4v) is 2.90. The van der Waals surface area contributed by atoms with Crippen LogP contribution in [-0.4, -0.2) is 25.6 Å². The number of nitrogens with zero attached hydrogens (tertiary/aromatic N) is 1. The average Bonchev–Trinajstić information content (AvgIpc) is 2.62. The number of rotatable bonds is 7. The number of carbonyl (C=O) groups excluding carboxylic acids is 1. The molecule has 0 radical (unpaired) electrons. The number of sulfonamides is 1. The van der Waals surface area contributed by atoms with Gasteiger partial charge in [-0.25, -0.2) is 18.1 Å². The van der Waals surface area contributed by atoms with E-state index in [-0.39, 0.29) is 5.56 Å². The lowest BCUT2D eigenvalue weighted by molar-refractivity contribution is 0.0981. The van der Waals surface area contributed by atoms with Crippen molar-refractivity contribution in [1.29, 1.82) is 0 Å². The van der Waals surface area contributed by atoms with Crippen LogP contribution in [-0.2, 0) is 10.0 Å². The summed E-state index contributed by atoms with van der Waals surface area (Å²) in [5, 5.41) is 3.56. The molecule has 0 atom stereocenters. The van der Waals surface area contributed by atoms with E-state index in [4.69, 9.17) is 11.6 Å². The highest BCUT2D eigenvalue weighted by molar-refractivity contribution is 7.89. The maximum absolute atomic E-state index is 11.9. The number of aromatic nitrogens is 1. The van der Waals surface area contributed by atoms with Crippen molar-refractivity contribution in [1.82, 2.24) is 9.71 Å². The molecule has 0 saturated heterocycles. The third kappa shape index (κ3) is 6.37. The Kier molecular flexibility index (Phi) is 7.14. The van der Waals surface area contributed by atoms with Crippen LogP contribution in [0.1, 0.15) is 17.3 Å². The first kappa shape index (κ1) is 21.4. The topological polar surface area (TPSA) is 88.2 Å². The number of halogens is 1. The van der Waals surface area contributed by atoms with Gasteiger partial charge in [-0.05, 0) is 36.8 Å². The van der Waals surface area contributed by atoms with Gasteiger partial charge >= 0.3 is 0 Å². The second kappa shape index (κ2) is 9.34. The first-order valence-electron chi connectivity index (χ1n) is 8.20. The van der Waals surface area contributed by atoms with Crippen molar-refractivity contribution in [2.75, 3.05) is 11.6 Å². The van der Waals surface area contributed by atoms with Gasteiger partial charge in [0.25, 0.3) is 5.91 Å². The largest absolute Gasteiger partial charge is 0.343 e. The molecule has 2 aromatic rings. The molecule has 0 fully saturated rings. The summed E-state index contributed by atoms with van der Waals surface area (Å²) in [5.41, 5.74) is 2.65. The van der Waals surface area contributed by atoms with E-state index in [9.17, 15) is 13.2 Å². The third-order valence-electron chi connectivity index (χ3n) is 3.51. The van der Waals surface area contributed by atoms with Gasteiger partial charge in [0.15, 0.2) is 0 Å². The van der Waals surface area contributed by atoms with E-state index in [0.717, 1.165) is 23.1 Å². The Morgan fingerprint density at radius 1 is 1.18 bits per heavy atom. The Hall–Kier alpha value is -2.90. The molecule has 0 aliphatic heterocycles. The first-order valence-corrected chi connectivity index (χ1v) is 10.5.